The molecule has 1 aromatic rings. The quantitative estimate of drug-likeness (QED) is 0.589. The van der Waals surface area contributed by atoms with Crippen molar-refractivity contribution in [1.29, 1.82) is 0 Å². The molecule has 0 saturated heterocycles. The van der Waals surface area contributed by atoms with Crippen molar-refractivity contribution < 1.29 is 10.2 Å². The van der Waals surface area contributed by atoms with Crippen molar-refractivity contribution in [2.24, 2.45) is 0 Å². The Morgan fingerprint density at radius 1 is 1.11 bits per heavy atom. The maximum atomic E-state index is 10.3. The van der Waals surface area contributed by atoms with E-state index in [1.54, 1.807) is 0 Å². The predicted octanol–water partition coefficient (Wildman–Crippen LogP) is 1.65. The summed E-state index contributed by atoms with van der Waals surface area (Å²) in [6.45, 7) is 0. The van der Waals surface area contributed by atoms with Crippen LogP contribution >= 0.6 is 13.5 Å². The maximum Gasteiger partial charge on any atom is 0.178 e. The molecule has 0 bridgehead atoms. The molecule has 0 fully saturated rings. The summed E-state index contributed by atoms with van der Waals surface area (Å²) in [5.74, 6) is 0.0485. The maximum absolute atomic E-state index is 10.3. The first-order valence-electron chi connectivity index (χ1n) is 2.25. The third kappa shape index (κ3) is 2.28. The van der Waals surface area contributed by atoms with Gasteiger partial charge in [-0.25, -0.2) is 0 Å². The number of hydrogen-bond acceptors (Lipinski definition) is 1. The largest absolute Gasteiger partial charge is 0.508 e. The van der Waals surface area contributed by atoms with Gasteiger partial charge >= 0.3 is 0 Å². The molecule has 0 atom stereocenters. The van der Waals surface area contributed by atoms with Crippen LogP contribution in [0.4, 0.5) is 0 Å². The van der Waals surface area contributed by atoms with Crippen LogP contribution < -0.4 is 0 Å². The van der Waals surface area contributed by atoms with Gasteiger partial charge in [0.25, 0.3) is 0 Å². The average molecular weight is 143 g/mol. The highest BCUT2D eigenvalue weighted by Crippen LogP contribution is 2.13. The summed E-state index contributed by atoms with van der Waals surface area (Å²) < 4.78 is 0. The Morgan fingerprint density at radius 3 is 1.89 bits per heavy atom. The van der Waals surface area contributed by atoms with Crippen molar-refractivity contribution in [3.8, 4) is 11.5 Å². The molecule has 0 amide bonds. The SMILES string of the molecule is S.[O]c1ccc(O)cc1. The predicted molar refractivity (Wildman–Crippen MR) is 38.6 cm³/mol. The van der Waals surface area contributed by atoms with Crippen LogP contribution in [0.2, 0.25) is 0 Å². The fourth-order valence-corrected chi connectivity index (χ4v) is 0.446. The Morgan fingerprint density at radius 2 is 1.56 bits per heavy atom. The third-order valence-corrected chi connectivity index (χ3v) is 0.837. The molecule has 1 rings (SSSR count). The highest BCUT2D eigenvalue weighted by Gasteiger charge is 1.86. The average Bonchev–Trinajstić information content (AvgIpc) is 1.77. The smallest absolute Gasteiger partial charge is 0.178 e. The van der Waals surface area contributed by atoms with Crippen molar-refractivity contribution in [2.75, 3.05) is 0 Å². The van der Waals surface area contributed by atoms with Crippen LogP contribution in [0.5, 0.6) is 11.5 Å². The second kappa shape index (κ2) is 3.25. The van der Waals surface area contributed by atoms with E-state index in [-0.39, 0.29) is 25.0 Å². The zero-order valence-corrected chi connectivity index (χ0v) is 5.66. The number of aromatic hydroxyl groups is 1. The van der Waals surface area contributed by atoms with E-state index in [4.69, 9.17) is 5.11 Å². The van der Waals surface area contributed by atoms with Gasteiger partial charge in [0.15, 0.2) is 5.75 Å². The van der Waals surface area contributed by atoms with Crippen LogP contribution in [0, 0.1) is 0 Å². The topological polar surface area (TPSA) is 40.1 Å². The molecular formula is C6H7O2S. The van der Waals surface area contributed by atoms with Gasteiger partial charge in [0.2, 0.25) is 0 Å². The van der Waals surface area contributed by atoms with Gasteiger partial charge in [0.05, 0.1) is 0 Å². The van der Waals surface area contributed by atoms with Crippen molar-refractivity contribution in [3.63, 3.8) is 0 Å². The van der Waals surface area contributed by atoms with E-state index in [2.05, 4.69) is 0 Å². The van der Waals surface area contributed by atoms with Gasteiger partial charge in [-0.15, -0.1) is 0 Å². The summed E-state index contributed by atoms with van der Waals surface area (Å²) in [6, 6.07) is 5.36. The van der Waals surface area contributed by atoms with Gasteiger partial charge in [-0.3, -0.25) is 5.11 Å². The minimum atomic E-state index is -0.0807. The van der Waals surface area contributed by atoms with Crippen molar-refractivity contribution in [1.82, 2.24) is 0 Å². The minimum absolute atomic E-state index is 0. The Kier molecular flexibility index (Phi) is 2.95. The molecule has 1 radical (unpaired) electrons. The van der Waals surface area contributed by atoms with Gasteiger partial charge in [0.1, 0.15) is 5.75 Å². The van der Waals surface area contributed by atoms with Crippen LogP contribution in [-0.4, -0.2) is 5.11 Å². The Labute approximate surface area is 60.2 Å². The highest BCUT2D eigenvalue weighted by atomic mass is 32.1. The van der Waals surface area contributed by atoms with Crippen LogP contribution in [0.3, 0.4) is 0 Å². The molecule has 0 aliphatic heterocycles. The lowest BCUT2D eigenvalue weighted by molar-refractivity contribution is 0.353. The van der Waals surface area contributed by atoms with Gasteiger partial charge in [-0.1, -0.05) is 0 Å². The zero-order chi connectivity index (χ0) is 5.98. The summed E-state index contributed by atoms with van der Waals surface area (Å²) >= 11 is 0. The molecule has 1 aromatic carbocycles. The zero-order valence-electron chi connectivity index (χ0n) is 4.66. The van der Waals surface area contributed by atoms with Crippen LogP contribution in [0.1, 0.15) is 0 Å². The number of phenols is 1. The Balaban J connectivity index is 0.000000640. The monoisotopic (exact) mass is 143 g/mol. The van der Waals surface area contributed by atoms with Gasteiger partial charge in [0, 0.05) is 0 Å². The highest BCUT2D eigenvalue weighted by molar-refractivity contribution is 7.59. The first-order valence-corrected chi connectivity index (χ1v) is 2.25. The van der Waals surface area contributed by atoms with E-state index >= 15 is 0 Å². The van der Waals surface area contributed by atoms with Crippen LogP contribution in [0.25, 0.3) is 0 Å². The molecule has 0 heterocycles. The van der Waals surface area contributed by atoms with Gasteiger partial charge in [-0.2, -0.15) is 13.5 Å². The molecule has 49 valence electrons. The minimum Gasteiger partial charge on any atom is -0.508 e. The second-order valence-corrected chi connectivity index (χ2v) is 1.49. The fraction of sp³-hybridized carbons (Fsp3) is 0. The first kappa shape index (κ1) is 8.17. The molecule has 0 spiro atoms. The van der Waals surface area contributed by atoms with Crippen molar-refractivity contribution in [2.45, 2.75) is 0 Å². The molecule has 2 nitrogen and oxygen atoms in total. The number of rotatable bonds is 0. The Hall–Kier alpha value is -0.830. The lowest BCUT2D eigenvalue weighted by atomic mass is 10.3. The molecule has 0 unspecified atom stereocenters. The lowest BCUT2D eigenvalue weighted by Gasteiger charge is -1.85. The number of hydrogen-bond donors (Lipinski definition) is 1. The Bertz CT molecular complexity index is 150. The van der Waals surface area contributed by atoms with Crippen LogP contribution in [0.15, 0.2) is 24.3 Å². The van der Waals surface area contributed by atoms with E-state index < -0.39 is 0 Å². The molecule has 0 aromatic heterocycles. The summed E-state index contributed by atoms with van der Waals surface area (Å²) in [5.41, 5.74) is 0. The van der Waals surface area contributed by atoms with E-state index in [0.29, 0.717) is 0 Å². The molecule has 0 saturated carbocycles. The molecule has 3 heteroatoms. The van der Waals surface area contributed by atoms with Crippen molar-refractivity contribution >= 4 is 13.5 Å². The molecule has 0 aliphatic rings. The first-order chi connectivity index (χ1) is 3.79. The third-order valence-electron chi connectivity index (χ3n) is 0.837. The second-order valence-electron chi connectivity index (χ2n) is 1.49. The molecule has 0 aliphatic carbocycles. The van der Waals surface area contributed by atoms with E-state index in [9.17, 15) is 5.11 Å². The summed E-state index contributed by atoms with van der Waals surface area (Å²) in [7, 11) is 0. The molecular weight excluding hydrogens is 136 g/mol. The number of benzene rings is 1. The van der Waals surface area contributed by atoms with E-state index in [1.165, 1.54) is 24.3 Å². The van der Waals surface area contributed by atoms with Gasteiger partial charge in [-0.05, 0) is 24.3 Å². The van der Waals surface area contributed by atoms with Crippen molar-refractivity contribution in [3.05, 3.63) is 24.3 Å². The molecule has 9 heavy (non-hydrogen) atoms. The van der Waals surface area contributed by atoms with E-state index in [1.807, 2.05) is 0 Å². The van der Waals surface area contributed by atoms with Crippen LogP contribution in [-0.2, 0) is 5.11 Å². The normalized spacial score (nSPS) is 8.00. The van der Waals surface area contributed by atoms with E-state index in [0.717, 1.165) is 0 Å². The standard InChI is InChI=1S/C6H5O2.H2S/c7-5-1-2-6(8)4-3-5;/h1-4,7H;1H2. The molecule has 1 N–H and O–H groups in total. The lowest BCUT2D eigenvalue weighted by Crippen LogP contribution is -1.60. The van der Waals surface area contributed by atoms with Gasteiger partial charge < -0.3 is 5.11 Å². The number of phenolic OH excluding ortho intramolecular Hbond substituents is 1. The summed E-state index contributed by atoms with van der Waals surface area (Å²) in [5, 5.41) is 18.9. The summed E-state index contributed by atoms with van der Waals surface area (Å²) in [6.07, 6.45) is 0. The fourth-order valence-electron chi connectivity index (χ4n) is 0.446. The summed E-state index contributed by atoms with van der Waals surface area (Å²) in [4.78, 5) is 0.